The largest absolute Gasteiger partial charge is 0.454 e. The van der Waals surface area contributed by atoms with Crippen molar-refractivity contribution in [3.8, 4) is 11.5 Å². The maximum atomic E-state index is 9.93. The first-order chi connectivity index (χ1) is 8.13. The molecule has 0 amide bonds. The fraction of sp³-hybridized carbons (Fsp3) is 0.500. The number of nitrogens with two attached hydrogens (primary N) is 1. The van der Waals surface area contributed by atoms with Gasteiger partial charge in [0.1, 0.15) is 0 Å². The molecule has 0 spiro atoms. The third kappa shape index (κ3) is 3.09. The number of halogens is 2. The van der Waals surface area contributed by atoms with Crippen molar-refractivity contribution in [2.75, 3.05) is 6.79 Å². The molecule has 3 N–H and O–H groups in total. The van der Waals surface area contributed by atoms with Crippen molar-refractivity contribution in [2.45, 2.75) is 31.9 Å². The highest BCUT2D eigenvalue weighted by atomic mass is 79.9. The van der Waals surface area contributed by atoms with Crippen LogP contribution in [0.1, 0.15) is 31.4 Å². The lowest BCUT2D eigenvalue weighted by Crippen LogP contribution is -2.26. The molecule has 1 aromatic carbocycles. The molecule has 6 heteroatoms. The van der Waals surface area contributed by atoms with E-state index in [0.29, 0.717) is 17.9 Å². The zero-order chi connectivity index (χ0) is 12.4. The van der Waals surface area contributed by atoms with Crippen molar-refractivity contribution in [3.63, 3.8) is 0 Å². The molecular formula is C12H17BrClNO3. The molecule has 4 nitrogen and oxygen atoms in total. The van der Waals surface area contributed by atoms with E-state index in [1.165, 1.54) is 0 Å². The Hall–Kier alpha value is -0.490. The van der Waals surface area contributed by atoms with Gasteiger partial charge in [0, 0.05) is 4.47 Å². The minimum atomic E-state index is -0.545. The predicted octanol–water partition coefficient (Wildman–Crippen LogP) is 2.76. The third-order valence-corrected chi connectivity index (χ3v) is 3.54. The summed E-state index contributed by atoms with van der Waals surface area (Å²) in [6, 6.07) is 3.24. The first kappa shape index (κ1) is 15.6. The molecule has 0 saturated carbocycles. The predicted molar refractivity (Wildman–Crippen MR) is 75.4 cm³/mol. The van der Waals surface area contributed by atoms with Gasteiger partial charge in [0.05, 0.1) is 12.1 Å². The van der Waals surface area contributed by atoms with Gasteiger partial charge in [-0.15, -0.1) is 12.4 Å². The van der Waals surface area contributed by atoms with Gasteiger partial charge in [-0.05, 0) is 24.1 Å². The Morgan fingerprint density at radius 2 is 2.00 bits per heavy atom. The molecule has 1 aromatic rings. The van der Waals surface area contributed by atoms with Gasteiger partial charge in [0.25, 0.3) is 0 Å². The maximum Gasteiger partial charge on any atom is 0.231 e. The molecule has 0 radical (unpaired) electrons. The second-order valence-corrected chi connectivity index (χ2v) is 4.96. The van der Waals surface area contributed by atoms with E-state index < -0.39 is 12.1 Å². The highest BCUT2D eigenvalue weighted by Gasteiger charge is 2.23. The molecule has 0 unspecified atom stereocenters. The topological polar surface area (TPSA) is 64.7 Å². The second kappa shape index (κ2) is 6.61. The quantitative estimate of drug-likeness (QED) is 0.886. The summed E-state index contributed by atoms with van der Waals surface area (Å²) in [5.74, 6) is 1.39. The number of aliphatic hydroxyl groups excluding tert-OH is 1. The number of rotatable bonds is 4. The summed E-state index contributed by atoms with van der Waals surface area (Å²) in [7, 11) is 0. The molecular weight excluding hydrogens is 321 g/mol. The number of fused-ring (bicyclic) bond motifs is 1. The molecule has 18 heavy (non-hydrogen) atoms. The number of ether oxygens (including phenoxy) is 2. The van der Waals surface area contributed by atoms with Crippen molar-refractivity contribution >= 4 is 28.3 Å². The molecule has 0 aliphatic carbocycles. The molecule has 0 saturated heterocycles. The van der Waals surface area contributed by atoms with Crippen LogP contribution in [0.15, 0.2) is 16.6 Å². The van der Waals surface area contributed by atoms with Crippen LogP contribution in [-0.2, 0) is 0 Å². The van der Waals surface area contributed by atoms with Gasteiger partial charge in [-0.2, -0.15) is 0 Å². The Balaban J connectivity index is 0.00000162. The molecule has 1 aliphatic rings. The summed E-state index contributed by atoms with van der Waals surface area (Å²) in [5, 5.41) is 9.93. The van der Waals surface area contributed by atoms with Gasteiger partial charge in [-0.1, -0.05) is 29.3 Å². The first-order valence-electron chi connectivity index (χ1n) is 5.66. The smallest absolute Gasteiger partial charge is 0.231 e. The maximum absolute atomic E-state index is 9.93. The fourth-order valence-corrected chi connectivity index (χ4v) is 2.46. The van der Waals surface area contributed by atoms with Crippen molar-refractivity contribution in [1.29, 1.82) is 0 Å². The van der Waals surface area contributed by atoms with Crippen LogP contribution in [0.5, 0.6) is 11.5 Å². The van der Waals surface area contributed by atoms with Crippen molar-refractivity contribution in [3.05, 3.63) is 22.2 Å². The SMILES string of the molecule is CCC[C@H](O)[C@H](N)c1cc2c(cc1Br)OCO2.Cl. The highest BCUT2D eigenvalue weighted by molar-refractivity contribution is 9.10. The monoisotopic (exact) mass is 337 g/mol. The molecule has 2 atom stereocenters. The first-order valence-corrected chi connectivity index (χ1v) is 6.45. The Bertz CT molecular complexity index is 417. The van der Waals surface area contributed by atoms with Crippen LogP contribution in [0.4, 0.5) is 0 Å². The Labute approximate surface area is 121 Å². The van der Waals surface area contributed by atoms with Gasteiger partial charge in [0.15, 0.2) is 11.5 Å². The second-order valence-electron chi connectivity index (χ2n) is 4.11. The van der Waals surface area contributed by atoms with Crippen LogP contribution in [0.25, 0.3) is 0 Å². The minimum Gasteiger partial charge on any atom is -0.454 e. The number of hydrogen-bond acceptors (Lipinski definition) is 4. The molecule has 1 heterocycles. The van der Waals surface area contributed by atoms with Crippen LogP contribution in [0, 0.1) is 0 Å². The molecule has 1 aliphatic heterocycles. The van der Waals surface area contributed by atoms with E-state index in [0.717, 1.165) is 16.5 Å². The summed E-state index contributed by atoms with van der Waals surface area (Å²) in [6.45, 7) is 2.25. The van der Waals surface area contributed by atoms with Gasteiger partial charge in [0.2, 0.25) is 6.79 Å². The summed E-state index contributed by atoms with van der Waals surface area (Å²) >= 11 is 3.44. The lowest BCUT2D eigenvalue weighted by atomic mass is 9.99. The van der Waals surface area contributed by atoms with Gasteiger partial charge >= 0.3 is 0 Å². The molecule has 2 rings (SSSR count). The molecule has 102 valence electrons. The zero-order valence-corrected chi connectivity index (χ0v) is 12.5. The van der Waals surface area contributed by atoms with Gasteiger partial charge < -0.3 is 20.3 Å². The average molecular weight is 339 g/mol. The van der Waals surface area contributed by atoms with Gasteiger partial charge in [-0.25, -0.2) is 0 Å². The van der Waals surface area contributed by atoms with Crippen LogP contribution in [-0.4, -0.2) is 18.0 Å². The van der Waals surface area contributed by atoms with E-state index in [1.807, 2.05) is 19.1 Å². The van der Waals surface area contributed by atoms with Crippen LogP contribution in [0.2, 0.25) is 0 Å². The van der Waals surface area contributed by atoms with E-state index in [4.69, 9.17) is 15.2 Å². The molecule has 0 bridgehead atoms. The fourth-order valence-electron chi connectivity index (χ4n) is 1.87. The number of benzene rings is 1. The Morgan fingerprint density at radius 1 is 1.39 bits per heavy atom. The Morgan fingerprint density at radius 3 is 2.61 bits per heavy atom. The van der Waals surface area contributed by atoms with E-state index in [-0.39, 0.29) is 19.2 Å². The van der Waals surface area contributed by atoms with Crippen molar-refractivity contribution < 1.29 is 14.6 Å². The number of aliphatic hydroxyl groups is 1. The summed E-state index contributed by atoms with van der Waals surface area (Å²) in [4.78, 5) is 0. The zero-order valence-electron chi connectivity index (χ0n) is 10.1. The summed E-state index contributed by atoms with van der Waals surface area (Å²) in [5.41, 5.74) is 6.89. The van der Waals surface area contributed by atoms with E-state index in [1.54, 1.807) is 0 Å². The average Bonchev–Trinajstić information content (AvgIpc) is 2.74. The van der Waals surface area contributed by atoms with E-state index >= 15 is 0 Å². The lowest BCUT2D eigenvalue weighted by molar-refractivity contribution is 0.134. The standard InChI is InChI=1S/C12H16BrNO3.ClH/c1-2-3-9(15)12(14)7-4-10-11(5-8(7)13)17-6-16-10;/h4-5,9,12,15H,2-3,6,14H2,1H3;1H/t9-,12+;/m0./s1. The van der Waals surface area contributed by atoms with Crippen LogP contribution < -0.4 is 15.2 Å². The third-order valence-electron chi connectivity index (χ3n) is 2.85. The highest BCUT2D eigenvalue weighted by Crippen LogP contribution is 2.39. The normalized spacial score (nSPS) is 16.0. The number of hydrogen-bond donors (Lipinski definition) is 2. The van der Waals surface area contributed by atoms with E-state index in [9.17, 15) is 5.11 Å². The Kier molecular flexibility index (Phi) is 5.72. The summed E-state index contributed by atoms with van der Waals surface area (Å²) < 4.78 is 11.4. The lowest BCUT2D eigenvalue weighted by Gasteiger charge is -2.20. The molecule has 0 aromatic heterocycles. The van der Waals surface area contributed by atoms with Crippen LogP contribution in [0.3, 0.4) is 0 Å². The van der Waals surface area contributed by atoms with Crippen molar-refractivity contribution in [1.82, 2.24) is 0 Å². The molecule has 0 fully saturated rings. The van der Waals surface area contributed by atoms with Gasteiger partial charge in [-0.3, -0.25) is 0 Å². The minimum absolute atomic E-state index is 0. The van der Waals surface area contributed by atoms with Crippen LogP contribution >= 0.6 is 28.3 Å². The van der Waals surface area contributed by atoms with Crippen molar-refractivity contribution in [2.24, 2.45) is 5.73 Å². The summed E-state index contributed by atoms with van der Waals surface area (Å²) in [6.07, 6.45) is 1.04. The van der Waals surface area contributed by atoms with E-state index in [2.05, 4.69) is 15.9 Å².